The van der Waals surface area contributed by atoms with Gasteiger partial charge in [-0.1, -0.05) is 0 Å². The summed E-state index contributed by atoms with van der Waals surface area (Å²) < 4.78 is 16.0. The Kier molecular flexibility index (Phi) is 9.42. The summed E-state index contributed by atoms with van der Waals surface area (Å²) in [6.45, 7) is 2.98. The van der Waals surface area contributed by atoms with Gasteiger partial charge in [0.25, 0.3) is 0 Å². The zero-order valence-corrected chi connectivity index (χ0v) is 11.5. The van der Waals surface area contributed by atoms with Crippen LogP contribution < -0.4 is 11.3 Å². The molecule has 5 nitrogen and oxygen atoms in total. The molecule has 0 aliphatic carbocycles. The summed E-state index contributed by atoms with van der Waals surface area (Å²) in [7, 11) is 1.68. The van der Waals surface area contributed by atoms with Crippen LogP contribution in [0.3, 0.4) is 0 Å². The maximum atomic E-state index is 5.60. The van der Waals surface area contributed by atoms with Crippen molar-refractivity contribution in [2.45, 2.75) is 50.7 Å². The number of nitrogens with two attached hydrogens (primary N) is 1. The third kappa shape index (κ3) is 7.28. The molecule has 0 radical (unpaired) electrons. The summed E-state index contributed by atoms with van der Waals surface area (Å²) in [5.74, 6) is 5.55. The first kappa shape index (κ1) is 15.9. The second kappa shape index (κ2) is 10.7. The molecule has 0 spiro atoms. The summed E-state index contributed by atoms with van der Waals surface area (Å²) in [4.78, 5) is 0. The van der Waals surface area contributed by atoms with Gasteiger partial charge in [-0.2, -0.15) is 0 Å². The van der Waals surface area contributed by atoms with Crippen LogP contribution in [0, 0.1) is 0 Å². The van der Waals surface area contributed by atoms with Gasteiger partial charge in [-0.3, -0.25) is 11.3 Å². The van der Waals surface area contributed by atoms with E-state index < -0.39 is 0 Å². The van der Waals surface area contributed by atoms with Crippen molar-refractivity contribution in [3.05, 3.63) is 0 Å². The summed E-state index contributed by atoms with van der Waals surface area (Å²) in [5.41, 5.74) is 2.87. The highest BCUT2D eigenvalue weighted by atomic mass is 16.5. The molecule has 0 aromatic rings. The predicted molar refractivity (Wildman–Crippen MR) is 71.2 cm³/mol. The SMILES string of the molecule is COCCOCCC(CCCC1CCCO1)NN. The minimum Gasteiger partial charge on any atom is -0.382 e. The average molecular weight is 260 g/mol. The maximum Gasteiger partial charge on any atom is 0.0700 e. The maximum absolute atomic E-state index is 5.60. The quantitative estimate of drug-likeness (QED) is 0.332. The van der Waals surface area contributed by atoms with Gasteiger partial charge in [0.15, 0.2) is 0 Å². The van der Waals surface area contributed by atoms with E-state index in [0.717, 1.165) is 38.9 Å². The van der Waals surface area contributed by atoms with Crippen molar-refractivity contribution in [1.29, 1.82) is 0 Å². The normalized spacial score (nSPS) is 21.3. The van der Waals surface area contributed by atoms with Crippen LogP contribution in [-0.4, -0.2) is 45.7 Å². The van der Waals surface area contributed by atoms with E-state index in [1.54, 1.807) is 7.11 Å². The minimum absolute atomic E-state index is 0.342. The number of hydrogen-bond acceptors (Lipinski definition) is 5. The molecular formula is C13H28N2O3. The number of nitrogens with one attached hydrogen (secondary N) is 1. The van der Waals surface area contributed by atoms with E-state index in [1.165, 1.54) is 12.8 Å². The Hall–Kier alpha value is -0.200. The lowest BCUT2D eigenvalue weighted by molar-refractivity contribution is 0.0647. The second-order valence-corrected chi connectivity index (χ2v) is 4.82. The van der Waals surface area contributed by atoms with Crippen molar-refractivity contribution in [2.75, 3.05) is 33.5 Å². The van der Waals surface area contributed by atoms with Gasteiger partial charge in [-0.25, -0.2) is 0 Å². The van der Waals surface area contributed by atoms with Crippen LogP contribution in [0.5, 0.6) is 0 Å². The molecule has 108 valence electrons. The number of ether oxygens (including phenoxy) is 3. The van der Waals surface area contributed by atoms with E-state index >= 15 is 0 Å². The van der Waals surface area contributed by atoms with Gasteiger partial charge in [0.1, 0.15) is 0 Å². The molecule has 5 heteroatoms. The molecule has 1 aliphatic rings. The molecule has 1 saturated heterocycles. The molecule has 1 heterocycles. The number of hydrogen-bond donors (Lipinski definition) is 2. The average Bonchev–Trinajstić information content (AvgIpc) is 2.89. The molecule has 2 atom stereocenters. The van der Waals surface area contributed by atoms with Gasteiger partial charge in [0.05, 0.1) is 19.3 Å². The largest absolute Gasteiger partial charge is 0.382 e. The third-order valence-corrected chi connectivity index (χ3v) is 3.38. The fourth-order valence-corrected chi connectivity index (χ4v) is 2.24. The smallest absolute Gasteiger partial charge is 0.0700 e. The fraction of sp³-hybridized carbons (Fsp3) is 1.00. The van der Waals surface area contributed by atoms with Gasteiger partial charge in [-0.05, 0) is 38.5 Å². The number of methoxy groups -OCH3 is 1. The highest BCUT2D eigenvalue weighted by molar-refractivity contribution is 4.68. The second-order valence-electron chi connectivity index (χ2n) is 4.82. The van der Waals surface area contributed by atoms with E-state index in [9.17, 15) is 0 Å². The first-order valence-corrected chi connectivity index (χ1v) is 7.01. The molecule has 0 bridgehead atoms. The van der Waals surface area contributed by atoms with Crippen LogP contribution >= 0.6 is 0 Å². The monoisotopic (exact) mass is 260 g/mol. The van der Waals surface area contributed by atoms with Crippen molar-refractivity contribution < 1.29 is 14.2 Å². The Balaban J connectivity index is 1.95. The summed E-state index contributed by atoms with van der Waals surface area (Å²) >= 11 is 0. The van der Waals surface area contributed by atoms with Gasteiger partial charge in [-0.15, -0.1) is 0 Å². The molecule has 0 saturated carbocycles. The van der Waals surface area contributed by atoms with Crippen LogP contribution in [0.25, 0.3) is 0 Å². The van der Waals surface area contributed by atoms with Crippen molar-refractivity contribution in [3.63, 3.8) is 0 Å². The van der Waals surface area contributed by atoms with E-state index in [0.29, 0.717) is 25.4 Å². The van der Waals surface area contributed by atoms with E-state index in [2.05, 4.69) is 5.43 Å². The summed E-state index contributed by atoms with van der Waals surface area (Å²) in [6, 6.07) is 0.342. The Morgan fingerprint density at radius 1 is 1.33 bits per heavy atom. The molecule has 2 unspecified atom stereocenters. The molecule has 0 aromatic carbocycles. The lowest BCUT2D eigenvalue weighted by Gasteiger charge is -2.17. The molecule has 1 fully saturated rings. The van der Waals surface area contributed by atoms with Crippen molar-refractivity contribution in [2.24, 2.45) is 5.84 Å². The van der Waals surface area contributed by atoms with Crippen LogP contribution in [0.2, 0.25) is 0 Å². The van der Waals surface area contributed by atoms with E-state index in [-0.39, 0.29) is 0 Å². The highest BCUT2D eigenvalue weighted by Crippen LogP contribution is 2.18. The standard InChI is InChI=1S/C13H28N2O3/c1-16-10-11-17-9-7-12(15-14)4-2-5-13-6-3-8-18-13/h12-13,15H,2-11,14H2,1H3. The van der Waals surface area contributed by atoms with E-state index in [4.69, 9.17) is 20.1 Å². The first-order chi connectivity index (χ1) is 8.86. The van der Waals surface area contributed by atoms with Crippen LogP contribution in [-0.2, 0) is 14.2 Å². The Morgan fingerprint density at radius 2 is 2.22 bits per heavy atom. The molecule has 1 aliphatic heterocycles. The lowest BCUT2D eigenvalue weighted by atomic mass is 10.0. The minimum atomic E-state index is 0.342. The first-order valence-electron chi connectivity index (χ1n) is 7.01. The predicted octanol–water partition coefficient (Wildman–Crippen LogP) is 1.22. The van der Waals surface area contributed by atoms with Crippen LogP contribution in [0.4, 0.5) is 0 Å². The molecular weight excluding hydrogens is 232 g/mol. The Labute approximate surface area is 110 Å². The van der Waals surface area contributed by atoms with Gasteiger partial charge in [0.2, 0.25) is 0 Å². The zero-order valence-electron chi connectivity index (χ0n) is 11.5. The summed E-state index contributed by atoms with van der Waals surface area (Å²) in [5, 5.41) is 0. The van der Waals surface area contributed by atoms with Crippen molar-refractivity contribution in [3.8, 4) is 0 Å². The Bertz CT molecular complexity index is 187. The van der Waals surface area contributed by atoms with Gasteiger partial charge in [0, 0.05) is 26.4 Å². The highest BCUT2D eigenvalue weighted by Gasteiger charge is 2.15. The summed E-state index contributed by atoms with van der Waals surface area (Å²) in [6.07, 6.45) is 7.29. The lowest BCUT2D eigenvalue weighted by Crippen LogP contribution is -2.36. The van der Waals surface area contributed by atoms with E-state index in [1.807, 2.05) is 0 Å². The third-order valence-electron chi connectivity index (χ3n) is 3.38. The van der Waals surface area contributed by atoms with Crippen molar-refractivity contribution in [1.82, 2.24) is 5.43 Å². The molecule has 18 heavy (non-hydrogen) atoms. The molecule has 1 rings (SSSR count). The number of hydrazine groups is 1. The van der Waals surface area contributed by atoms with Crippen LogP contribution in [0.15, 0.2) is 0 Å². The molecule has 0 amide bonds. The van der Waals surface area contributed by atoms with Crippen LogP contribution in [0.1, 0.15) is 38.5 Å². The zero-order chi connectivity index (χ0) is 13.1. The van der Waals surface area contributed by atoms with Gasteiger partial charge < -0.3 is 14.2 Å². The fourth-order valence-electron chi connectivity index (χ4n) is 2.24. The topological polar surface area (TPSA) is 65.7 Å². The Morgan fingerprint density at radius 3 is 2.89 bits per heavy atom. The molecule has 3 N–H and O–H groups in total. The molecule has 0 aromatic heterocycles. The number of rotatable bonds is 11. The van der Waals surface area contributed by atoms with Gasteiger partial charge >= 0.3 is 0 Å². The van der Waals surface area contributed by atoms with Crippen molar-refractivity contribution >= 4 is 0 Å².